The Morgan fingerprint density at radius 3 is 1.85 bits per heavy atom. The molecule has 0 bridgehead atoms. The summed E-state index contributed by atoms with van der Waals surface area (Å²) < 4.78 is 22.3. The summed E-state index contributed by atoms with van der Waals surface area (Å²) in [5, 5.41) is 6.19. The fourth-order valence-electron chi connectivity index (χ4n) is 3.57. The van der Waals surface area contributed by atoms with Crippen LogP contribution in [0, 0.1) is 6.92 Å². The lowest BCUT2D eigenvalue weighted by Crippen LogP contribution is -2.23. The highest BCUT2D eigenvalue weighted by Gasteiger charge is 2.14. The minimum atomic E-state index is 0.0554. The quantitative estimate of drug-likeness (QED) is 0.303. The van der Waals surface area contributed by atoms with E-state index in [1.165, 1.54) is 40.3 Å². The van der Waals surface area contributed by atoms with Gasteiger partial charge < -0.3 is 18.9 Å². The summed E-state index contributed by atoms with van der Waals surface area (Å²) in [5.41, 5.74) is 0. The lowest BCUT2D eigenvalue weighted by Gasteiger charge is -2.22. The van der Waals surface area contributed by atoms with Crippen LogP contribution in [0.1, 0.15) is 53.2 Å². The molecule has 0 amide bonds. The van der Waals surface area contributed by atoms with Gasteiger partial charge >= 0.3 is 0 Å². The van der Waals surface area contributed by atoms with Crippen molar-refractivity contribution in [2.75, 3.05) is 26.4 Å². The minimum absolute atomic E-state index is 0.0554. The Morgan fingerprint density at radius 1 is 0.765 bits per heavy atom. The fraction of sp³-hybridized carbons (Fsp3) is 0.556. The lowest BCUT2D eigenvalue weighted by molar-refractivity contribution is -0.161. The topological polar surface area (TPSA) is 36.9 Å². The van der Waals surface area contributed by atoms with Crippen LogP contribution < -0.4 is 0 Å². The standard InChI is InChI=1S/C12H18O2S.C11H16O2S.C4H4S/c1-10-5-6-11(15-10)7-9-14-12-4-2-3-8-13-12;1-2-7-12-11(5-1)13-8-6-10-4-3-9-14-10;1-2-4-5-3-1/h5-6,12H,2-4,7-9H2,1H3;3-4,9,11H,1-2,5-8H2;1-4H. The Morgan fingerprint density at radius 2 is 1.41 bits per heavy atom. The predicted molar refractivity (Wildman–Crippen MR) is 144 cm³/mol. The number of thiophene rings is 3. The zero-order valence-corrected chi connectivity index (χ0v) is 22.6. The molecule has 5 rings (SSSR count). The molecule has 0 N–H and O–H groups in total. The van der Waals surface area contributed by atoms with E-state index in [4.69, 9.17) is 18.9 Å². The van der Waals surface area contributed by atoms with Gasteiger partial charge in [-0.25, -0.2) is 0 Å². The molecule has 2 aliphatic rings. The first-order chi connectivity index (χ1) is 16.8. The summed E-state index contributed by atoms with van der Waals surface area (Å²) in [7, 11) is 0. The highest BCUT2D eigenvalue weighted by molar-refractivity contribution is 7.11. The van der Waals surface area contributed by atoms with Crippen molar-refractivity contribution in [3.05, 3.63) is 67.2 Å². The van der Waals surface area contributed by atoms with E-state index < -0.39 is 0 Å². The molecule has 2 atom stereocenters. The molecule has 4 nitrogen and oxygen atoms in total. The molecular weight excluding hydrogens is 484 g/mol. The molecule has 0 saturated carbocycles. The Labute approximate surface area is 216 Å². The van der Waals surface area contributed by atoms with Crippen molar-refractivity contribution in [3.63, 3.8) is 0 Å². The van der Waals surface area contributed by atoms with Gasteiger partial charge in [-0.2, -0.15) is 11.3 Å². The van der Waals surface area contributed by atoms with Gasteiger partial charge in [-0.1, -0.05) is 18.2 Å². The predicted octanol–water partition coefficient (Wildman–Crippen LogP) is 7.72. The van der Waals surface area contributed by atoms with Crippen molar-refractivity contribution >= 4 is 34.0 Å². The van der Waals surface area contributed by atoms with E-state index in [1.807, 2.05) is 34.2 Å². The van der Waals surface area contributed by atoms with Gasteiger partial charge in [0.05, 0.1) is 13.2 Å². The van der Waals surface area contributed by atoms with Gasteiger partial charge in [-0.15, -0.1) is 22.7 Å². The molecule has 2 fully saturated rings. The molecule has 0 aliphatic carbocycles. The number of aryl methyl sites for hydroxylation is 1. The highest BCUT2D eigenvalue weighted by atomic mass is 32.1. The van der Waals surface area contributed by atoms with Crippen molar-refractivity contribution in [1.29, 1.82) is 0 Å². The van der Waals surface area contributed by atoms with Crippen LogP contribution in [0.25, 0.3) is 0 Å². The molecule has 34 heavy (non-hydrogen) atoms. The zero-order valence-electron chi connectivity index (χ0n) is 20.2. The van der Waals surface area contributed by atoms with Crippen LogP contribution in [-0.4, -0.2) is 39.0 Å². The summed E-state index contributed by atoms with van der Waals surface area (Å²) in [4.78, 5) is 4.17. The van der Waals surface area contributed by atoms with E-state index in [9.17, 15) is 0 Å². The minimum Gasteiger partial charge on any atom is -0.353 e. The molecule has 0 aromatic carbocycles. The fourth-order valence-corrected chi connectivity index (χ4v) is 5.58. The maximum absolute atomic E-state index is 5.68. The van der Waals surface area contributed by atoms with E-state index in [2.05, 4.69) is 36.6 Å². The van der Waals surface area contributed by atoms with Gasteiger partial charge in [0.25, 0.3) is 0 Å². The maximum Gasteiger partial charge on any atom is 0.157 e. The van der Waals surface area contributed by atoms with Gasteiger partial charge in [0.1, 0.15) is 0 Å². The van der Waals surface area contributed by atoms with Crippen LogP contribution in [0.3, 0.4) is 0 Å². The molecule has 7 heteroatoms. The largest absolute Gasteiger partial charge is 0.353 e. The molecular formula is C27H38O4S3. The van der Waals surface area contributed by atoms with Crippen molar-refractivity contribution in [2.45, 2.75) is 70.9 Å². The normalized spacial score (nSPS) is 20.0. The summed E-state index contributed by atoms with van der Waals surface area (Å²) in [5.74, 6) is 0. The van der Waals surface area contributed by atoms with Crippen molar-refractivity contribution in [1.82, 2.24) is 0 Å². The van der Waals surface area contributed by atoms with Crippen molar-refractivity contribution in [3.8, 4) is 0 Å². The Hall–Kier alpha value is -1.06. The summed E-state index contributed by atoms with van der Waals surface area (Å²) in [6.45, 7) is 5.43. The first kappa shape index (κ1) is 27.5. The number of hydrogen-bond donors (Lipinski definition) is 0. The van der Waals surface area contributed by atoms with Crippen LogP contribution in [0.5, 0.6) is 0 Å². The molecule has 2 saturated heterocycles. The van der Waals surface area contributed by atoms with Crippen LogP contribution in [-0.2, 0) is 31.8 Å². The molecule has 2 aliphatic heterocycles. The second kappa shape index (κ2) is 17.4. The first-order valence-corrected chi connectivity index (χ1v) is 14.9. The second-order valence-corrected chi connectivity index (χ2v) is 11.4. The van der Waals surface area contributed by atoms with Gasteiger partial charge in [-0.3, -0.25) is 0 Å². The van der Waals surface area contributed by atoms with Crippen LogP contribution in [0.4, 0.5) is 0 Å². The van der Waals surface area contributed by atoms with Crippen LogP contribution in [0.2, 0.25) is 0 Å². The van der Waals surface area contributed by atoms with Gasteiger partial charge in [0, 0.05) is 40.7 Å². The maximum atomic E-state index is 5.68. The third-order valence-electron chi connectivity index (χ3n) is 5.38. The second-order valence-electron chi connectivity index (χ2n) is 8.22. The molecule has 5 heterocycles. The molecule has 188 valence electrons. The molecule has 3 aromatic heterocycles. The average molecular weight is 523 g/mol. The zero-order chi connectivity index (χ0) is 23.7. The van der Waals surface area contributed by atoms with Gasteiger partial charge in [0.2, 0.25) is 0 Å². The summed E-state index contributed by atoms with van der Waals surface area (Å²) in [6, 6.07) is 12.6. The monoisotopic (exact) mass is 522 g/mol. The SMILES string of the molecule is Cc1ccc(CCOC2CCCCO2)s1.c1ccsc1.c1csc(CCOC2CCCCO2)c1. The smallest absolute Gasteiger partial charge is 0.157 e. The average Bonchev–Trinajstić information content (AvgIpc) is 3.67. The van der Waals surface area contributed by atoms with Crippen LogP contribution >= 0.6 is 34.0 Å². The molecule has 0 radical (unpaired) electrons. The third-order valence-corrected chi connectivity index (χ3v) is 8.01. The Kier molecular flexibility index (Phi) is 14.1. The van der Waals surface area contributed by atoms with Crippen molar-refractivity contribution in [2.24, 2.45) is 0 Å². The van der Waals surface area contributed by atoms with Gasteiger partial charge in [0.15, 0.2) is 12.6 Å². The number of hydrogen-bond acceptors (Lipinski definition) is 7. The van der Waals surface area contributed by atoms with E-state index in [1.54, 1.807) is 22.7 Å². The Balaban J connectivity index is 0.000000159. The third kappa shape index (κ3) is 12.1. The Bertz CT molecular complexity index is 803. The summed E-state index contributed by atoms with van der Waals surface area (Å²) >= 11 is 5.36. The molecule has 2 unspecified atom stereocenters. The van der Waals surface area contributed by atoms with E-state index in [0.29, 0.717) is 0 Å². The van der Waals surface area contributed by atoms with E-state index in [0.717, 1.165) is 52.1 Å². The molecule has 3 aromatic rings. The number of ether oxygens (including phenoxy) is 4. The molecule has 0 spiro atoms. The van der Waals surface area contributed by atoms with E-state index in [-0.39, 0.29) is 12.6 Å². The first-order valence-electron chi connectivity index (χ1n) is 12.3. The lowest BCUT2D eigenvalue weighted by atomic mass is 10.2. The van der Waals surface area contributed by atoms with Crippen molar-refractivity contribution < 1.29 is 18.9 Å². The van der Waals surface area contributed by atoms with Crippen LogP contribution in [0.15, 0.2) is 52.5 Å². The summed E-state index contributed by atoms with van der Waals surface area (Å²) in [6.07, 6.45) is 9.11. The van der Waals surface area contributed by atoms with E-state index >= 15 is 0 Å². The van der Waals surface area contributed by atoms with Gasteiger partial charge in [-0.05, 0) is 79.8 Å². The highest BCUT2D eigenvalue weighted by Crippen LogP contribution is 2.18. The number of rotatable bonds is 8.